The maximum absolute atomic E-state index is 11.8. The van der Waals surface area contributed by atoms with Gasteiger partial charge in [-0.05, 0) is 12.1 Å². The molecule has 2 aliphatic rings. The predicted octanol–water partition coefficient (Wildman–Crippen LogP) is 1.92. The number of aromatic amines is 1. The second-order valence-corrected chi connectivity index (χ2v) is 13.2. The van der Waals surface area contributed by atoms with Crippen LogP contribution in [0.4, 0.5) is 5.82 Å². The monoisotopic (exact) mass is 609 g/mol. The van der Waals surface area contributed by atoms with Crippen molar-refractivity contribution in [3.05, 3.63) is 35.3 Å². The number of morpholine rings is 1. The Labute approximate surface area is 238 Å². The Hall–Kier alpha value is -2.57. The standard InChI is InChI=1S/C23H27N7O3S2.CH4O3S/c1-35(31,32)30-7-5-28(6-8-30)15-16-13-20-21(34-16)23(29-9-11-33-12-10-29)26-22(25-20)17-3-2-4-19-18(17)14-24-27-19;1-4-5(2)3/h2-4,13-14H,5-12,15H2,1H3,(H,24,27);1H3,(H,2,3). The van der Waals surface area contributed by atoms with Gasteiger partial charge in [0.05, 0.1) is 48.5 Å². The van der Waals surface area contributed by atoms with Crippen molar-refractivity contribution < 1.29 is 26.1 Å². The average Bonchev–Trinajstić information content (AvgIpc) is 3.60. The molecule has 16 heteroatoms. The van der Waals surface area contributed by atoms with E-state index in [1.165, 1.54) is 11.1 Å². The van der Waals surface area contributed by atoms with Crippen LogP contribution in [0.25, 0.3) is 32.5 Å². The van der Waals surface area contributed by atoms with Gasteiger partial charge in [-0.15, -0.1) is 11.3 Å². The molecule has 2 aliphatic heterocycles. The number of thiophene rings is 1. The molecule has 5 heterocycles. The molecule has 0 saturated carbocycles. The van der Waals surface area contributed by atoms with E-state index in [-0.39, 0.29) is 0 Å². The molecule has 1 unspecified atom stereocenters. The largest absolute Gasteiger partial charge is 0.378 e. The number of nitrogens with one attached hydrogen (secondary N) is 1. The summed E-state index contributed by atoms with van der Waals surface area (Å²) in [5.41, 5.74) is 2.85. The van der Waals surface area contributed by atoms with Gasteiger partial charge >= 0.3 is 11.4 Å². The van der Waals surface area contributed by atoms with Gasteiger partial charge in [0.25, 0.3) is 0 Å². The normalized spacial score (nSPS) is 18.1. The van der Waals surface area contributed by atoms with E-state index in [0.717, 1.165) is 72.3 Å². The number of H-pyrrole nitrogens is 1. The van der Waals surface area contributed by atoms with Crippen molar-refractivity contribution in [1.29, 1.82) is 0 Å². The van der Waals surface area contributed by atoms with Crippen LogP contribution in [0.15, 0.2) is 30.5 Å². The number of hydrogen-bond acceptors (Lipinski definition) is 11. The second kappa shape index (κ2) is 12.5. The van der Waals surface area contributed by atoms with E-state index in [2.05, 4.69) is 30.2 Å². The van der Waals surface area contributed by atoms with E-state index in [9.17, 15) is 12.6 Å². The van der Waals surface area contributed by atoms with Gasteiger partial charge in [-0.3, -0.25) is 18.7 Å². The maximum Gasteiger partial charge on any atom is 0.301 e. The molecule has 0 aliphatic carbocycles. The Morgan fingerprint density at radius 2 is 1.88 bits per heavy atom. The zero-order chi connectivity index (χ0) is 28.3. The number of hydrogen-bond donors (Lipinski definition) is 2. The summed E-state index contributed by atoms with van der Waals surface area (Å²) < 4.78 is 52.6. The molecule has 216 valence electrons. The van der Waals surface area contributed by atoms with Gasteiger partial charge in [0, 0.05) is 61.6 Å². The van der Waals surface area contributed by atoms with Crippen LogP contribution in [0, 0.1) is 0 Å². The highest BCUT2D eigenvalue weighted by Gasteiger charge is 2.25. The highest BCUT2D eigenvalue weighted by Crippen LogP contribution is 2.36. The lowest BCUT2D eigenvalue weighted by Gasteiger charge is -2.32. The number of anilines is 1. The minimum absolute atomic E-state index is 0.529. The summed E-state index contributed by atoms with van der Waals surface area (Å²) in [6.07, 6.45) is 3.10. The van der Waals surface area contributed by atoms with Gasteiger partial charge in [-0.1, -0.05) is 12.1 Å². The Kier molecular flexibility index (Phi) is 9.06. The van der Waals surface area contributed by atoms with Crippen LogP contribution in [0.1, 0.15) is 4.88 Å². The third kappa shape index (κ3) is 6.66. The van der Waals surface area contributed by atoms with Crippen LogP contribution in [0.2, 0.25) is 0 Å². The highest BCUT2D eigenvalue weighted by atomic mass is 32.2. The third-order valence-corrected chi connectivity index (χ3v) is 9.46. The Morgan fingerprint density at radius 1 is 1.15 bits per heavy atom. The van der Waals surface area contributed by atoms with E-state index >= 15 is 0 Å². The lowest BCUT2D eigenvalue weighted by Crippen LogP contribution is -2.47. The first-order chi connectivity index (χ1) is 19.2. The Bertz CT molecular complexity index is 1600. The van der Waals surface area contributed by atoms with Crippen LogP contribution < -0.4 is 4.90 Å². The summed E-state index contributed by atoms with van der Waals surface area (Å²) in [5, 5.41) is 8.23. The molecule has 0 bridgehead atoms. The fourth-order valence-corrected chi connectivity index (χ4v) is 6.74. The Morgan fingerprint density at radius 3 is 2.55 bits per heavy atom. The smallest absolute Gasteiger partial charge is 0.301 e. The first kappa shape index (κ1) is 28.9. The van der Waals surface area contributed by atoms with Crippen molar-refractivity contribution in [1.82, 2.24) is 29.4 Å². The number of piperazine rings is 1. The number of sulfonamides is 1. The van der Waals surface area contributed by atoms with Crippen LogP contribution in [-0.2, 0) is 36.8 Å². The van der Waals surface area contributed by atoms with Gasteiger partial charge in [-0.2, -0.15) is 13.6 Å². The van der Waals surface area contributed by atoms with Crippen LogP contribution in [0.5, 0.6) is 0 Å². The van der Waals surface area contributed by atoms with Crippen molar-refractivity contribution >= 4 is 59.7 Å². The molecule has 13 nitrogen and oxygen atoms in total. The quantitative estimate of drug-likeness (QED) is 0.308. The molecule has 40 heavy (non-hydrogen) atoms. The minimum Gasteiger partial charge on any atom is -0.378 e. The van der Waals surface area contributed by atoms with Gasteiger partial charge in [0.1, 0.15) is 0 Å². The number of aromatic nitrogens is 4. The molecule has 0 radical (unpaired) electrons. The van der Waals surface area contributed by atoms with Gasteiger partial charge < -0.3 is 9.64 Å². The van der Waals surface area contributed by atoms with E-state index in [1.807, 2.05) is 24.4 Å². The number of ether oxygens (including phenoxy) is 1. The number of nitrogens with zero attached hydrogens (tertiary/aromatic N) is 6. The Balaban J connectivity index is 0.000000595. The molecule has 6 rings (SSSR count). The molecule has 1 aromatic carbocycles. The molecular weight excluding hydrogens is 579 g/mol. The molecule has 0 spiro atoms. The predicted molar refractivity (Wildman–Crippen MR) is 155 cm³/mol. The fraction of sp³-hybridized carbons (Fsp3) is 0.458. The van der Waals surface area contributed by atoms with E-state index < -0.39 is 21.4 Å². The third-order valence-electron chi connectivity index (χ3n) is 6.76. The molecule has 2 saturated heterocycles. The fourth-order valence-electron chi connectivity index (χ4n) is 4.75. The molecular formula is C24H31N7O6S3. The summed E-state index contributed by atoms with van der Waals surface area (Å²) in [6.45, 7) is 6.22. The average molecular weight is 610 g/mol. The molecule has 0 amide bonds. The van der Waals surface area contributed by atoms with Crippen LogP contribution in [0.3, 0.4) is 0 Å². The summed E-state index contributed by atoms with van der Waals surface area (Å²) >= 11 is -0.345. The van der Waals surface area contributed by atoms with Gasteiger partial charge in [-0.25, -0.2) is 18.4 Å². The number of rotatable bonds is 6. The second-order valence-electron chi connectivity index (χ2n) is 9.36. The van der Waals surface area contributed by atoms with Crippen molar-refractivity contribution in [3.8, 4) is 11.4 Å². The zero-order valence-electron chi connectivity index (χ0n) is 22.1. The summed E-state index contributed by atoms with van der Waals surface area (Å²) in [6, 6.07) is 8.19. The summed E-state index contributed by atoms with van der Waals surface area (Å²) in [7, 11) is -1.99. The first-order valence-corrected chi connectivity index (χ1v) is 16.3. The van der Waals surface area contributed by atoms with E-state index in [0.29, 0.717) is 32.1 Å². The number of fused-ring (bicyclic) bond motifs is 2. The summed E-state index contributed by atoms with van der Waals surface area (Å²) in [5.74, 6) is 1.64. The lowest BCUT2D eigenvalue weighted by molar-refractivity contribution is 0.122. The van der Waals surface area contributed by atoms with E-state index in [1.54, 1.807) is 15.6 Å². The summed E-state index contributed by atoms with van der Waals surface area (Å²) in [4.78, 5) is 15.8. The van der Waals surface area contributed by atoms with Gasteiger partial charge in [0.2, 0.25) is 10.0 Å². The van der Waals surface area contributed by atoms with Crippen molar-refractivity contribution in [3.63, 3.8) is 0 Å². The van der Waals surface area contributed by atoms with Crippen molar-refractivity contribution in [2.75, 3.05) is 70.7 Å². The van der Waals surface area contributed by atoms with Gasteiger partial charge in [0.15, 0.2) is 11.6 Å². The molecule has 4 aromatic rings. The van der Waals surface area contributed by atoms with Crippen LogP contribution in [-0.4, -0.2) is 112 Å². The first-order valence-electron chi connectivity index (χ1n) is 12.6. The van der Waals surface area contributed by atoms with Crippen molar-refractivity contribution in [2.24, 2.45) is 0 Å². The van der Waals surface area contributed by atoms with Crippen LogP contribution >= 0.6 is 11.3 Å². The minimum atomic E-state index is -3.13. The molecule has 2 fully saturated rings. The highest BCUT2D eigenvalue weighted by molar-refractivity contribution is 7.88. The SMILES string of the molecule is COS(=O)O.CS(=O)(=O)N1CCN(Cc2cc3nc(-c4cccc5[nH]ncc45)nc(N4CCOCC4)c3s2)CC1. The topological polar surface area (TPSA) is 154 Å². The van der Waals surface area contributed by atoms with E-state index in [4.69, 9.17) is 19.3 Å². The number of benzene rings is 1. The molecule has 1 atom stereocenters. The maximum atomic E-state index is 11.8. The van der Waals surface area contributed by atoms with Crippen molar-refractivity contribution in [2.45, 2.75) is 6.54 Å². The molecule has 2 N–H and O–H groups in total. The zero-order valence-corrected chi connectivity index (χ0v) is 24.6. The lowest BCUT2D eigenvalue weighted by atomic mass is 10.1. The molecule has 3 aromatic heterocycles.